The van der Waals surface area contributed by atoms with Crippen molar-refractivity contribution in [3.63, 3.8) is 0 Å². The highest BCUT2D eigenvalue weighted by Gasteiger charge is 2.28. The Morgan fingerprint density at radius 1 is 1.28 bits per heavy atom. The van der Waals surface area contributed by atoms with E-state index < -0.39 is 0 Å². The monoisotopic (exact) mass is 344 g/mol. The maximum Gasteiger partial charge on any atom is 0.233 e. The molecule has 3 rings (SSSR count). The molecular formula is C18H21FN4O2. The van der Waals surface area contributed by atoms with Gasteiger partial charge in [-0.05, 0) is 17.7 Å². The first-order valence-corrected chi connectivity index (χ1v) is 8.22. The molecule has 1 amide bonds. The molecule has 0 saturated carbocycles. The number of benzene rings is 1. The van der Waals surface area contributed by atoms with Crippen LogP contribution in [0.3, 0.4) is 0 Å². The summed E-state index contributed by atoms with van der Waals surface area (Å²) in [6, 6.07) is 9.96. The van der Waals surface area contributed by atoms with Crippen molar-refractivity contribution >= 4 is 11.7 Å². The first-order valence-electron chi connectivity index (χ1n) is 8.22. The van der Waals surface area contributed by atoms with Crippen LogP contribution in [0.1, 0.15) is 12.0 Å². The molecule has 25 heavy (non-hydrogen) atoms. The second-order valence-electron chi connectivity index (χ2n) is 6.26. The molecule has 1 fully saturated rings. The average Bonchev–Trinajstić information content (AvgIpc) is 3.06. The van der Waals surface area contributed by atoms with Gasteiger partial charge in [-0.25, -0.2) is 4.39 Å². The van der Waals surface area contributed by atoms with Gasteiger partial charge in [0.05, 0.1) is 13.0 Å². The molecule has 0 aliphatic carbocycles. The lowest BCUT2D eigenvalue weighted by Gasteiger charge is -2.17. The molecule has 0 unspecified atom stereocenters. The summed E-state index contributed by atoms with van der Waals surface area (Å²) in [5.74, 6) is 0.754. The summed E-state index contributed by atoms with van der Waals surface area (Å²) < 4.78 is 19.5. The Bertz CT molecular complexity index is 736. The topological polar surface area (TPSA) is 58.6 Å². The van der Waals surface area contributed by atoms with Crippen molar-refractivity contribution in [1.82, 2.24) is 15.1 Å². The van der Waals surface area contributed by atoms with Crippen molar-refractivity contribution in [3.05, 3.63) is 47.8 Å². The Balaban J connectivity index is 1.54. The summed E-state index contributed by atoms with van der Waals surface area (Å²) in [7, 11) is 3.78. The fourth-order valence-electron chi connectivity index (χ4n) is 2.75. The third kappa shape index (κ3) is 4.23. The lowest BCUT2D eigenvalue weighted by Crippen LogP contribution is -2.32. The Labute approximate surface area is 146 Å². The SMILES string of the molecule is CN(C)c1ccc(O[C@@H]2CCN(C(=O)Cc3ccccc3F)C2)nn1. The highest BCUT2D eigenvalue weighted by Crippen LogP contribution is 2.19. The number of halogens is 1. The first-order chi connectivity index (χ1) is 12.0. The zero-order valence-electron chi connectivity index (χ0n) is 14.4. The van der Waals surface area contributed by atoms with Crippen molar-refractivity contribution in [2.75, 3.05) is 32.1 Å². The molecule has 0 spiro atoms. The molecule has 2 aromatic rings. The van der Waals surface area contributed by atoms with Crippen LogP contribution in [0.2, 0.25) is 0 Å². The fraction of sp³-hybridized carbons (Fsp3) is 0.389. The van der Waals surface area contributed by atoms with Gasteiger partial charge in [-0.3, -0.25) is 4.79 Å². The number of nitrogens with zero attached hydrogens (tertiary/aromatic N) is 4. The third-order valence-electron chi connectivity index (χ3n) is 4.17. The largest absolute Gasteiger partial charge is 0.471 e. The van der Waals surface area contributed by atoms with Gasteiger partial charge in [0.2, 0.25) is 11.8 Å². The number of hydrogen-bond acceptors (Lipinski definition) is 5. The van der Waals surface area contributed by atoms with Gasteiger partial charge in [0.25, 0.3) is 0 Å². The summed E-state index contributed by atoms with van der Waals surface area (Å²) in [4.78, 5) is 15.9. The molecule has 1 atom stereocenters. The number of likely N-dealkylation sites (tertiary alicyclic amines) is 1. The Kier molecular flexibility index (Phi) is 5.11. The van der Waals surface area contributed by atoms with Gasteiger partial charge >= 0.3 is 0 Å². The lowest BCUT2D eigenvalue weighted by atomic mass is 10.1. The van der Waals surface area contributed by atoms with E-state index in [1.54, 1.807) is 29.2 Å². The van der Waals surface area contributed by atoms with E-state index in [0.717, 1.165) is 12.2 Å². The van der Waals surface area contributed by atoms with Gasteiger partial charge in [-0.2, -0.15) is 0 Å². The third-order valence-corrected chi connectivity index (χ3v) is 4.17. The van der Waals surface area contributed by atoms with E-state index in [2.05, 4.69) is 10.2 Å². The minimum Gasteiger partial charge on any atom is -0.471 e. The smallest absolute Gasteiger partial charge is 0.233 e. The molecule has 7 heteroatoms. The molecule has 1 aromatic carbocycles. The number of carbonyl (C=O) groups excluding carboxylic acids is 1. The number of hydrogen-bond donors (Lipinski definition) is 0. The van der Waals surface area contributed by atoms with E-state index in [-0.39, 0.29) is 24.2 Å². The van der Waals surface area contributed by atoms with Crippen LogP contribution in [-0.4, -0.2) is 54.3 Å². The number of anilines is 1. The molecule has 1 aromatic heterocycles. The van der Waals surface area contributed by atoms with Gasteiger partial charge in [0.1, 0.15) is 11.9 Å². The maximum absolute atomic E-state index is 13.7. The minimum atomic E-state index is -0.348. The number of rotatable bonds is 5. The van der Waals surface area contributed by atoms with E-state index in [0.29, 0.717) is 24.5 Å². The van der Waals surface area contributed by atoms with Crippen LogP contribution in [0, 0.1) is 5.82 Å². The van der Waals surface area contributed by atoms with Crippen molar-refractivity contribution < 1.29 is 13.9 Å². The van der Waals surface area contributed by atoms with E-state index >= 15 is 0 Å². The van der Waals surface area contributed by atoms with Crippen LogP contribution in [0.4, 0.5) is 10.2 Å². The molecular weight excluding hydrogens is 323 g/mol. The molecule has 1 aliphatic rings. The Morgan fingerprint density at radius 3 is 2.76 bits per heavy atom. The number of amides is 1. The second kappa shape index (κ2) is 7.46. The Morgan fingerprint density at radius 2 is 2.08 bits per heavy atom. The highest BCUT2D eigenvalue weighted by atomic mass is 19.1. The quantitative estimate of drug-likeness (QED) is 0.829. The van der Waals surface area contributed by atoms with E-state index in [1.165, 1.54) is 6.07 Å². The van der Waals surface area contributed by atoms with Gasteiger partial charge in [-0.15, -0.1) is 10.2 Å². The predicted molar refractivity (Wildman–Crippen MR) is 92.1 cm³/mol. The van der Waals surface area contributed by atoms with Crippen LogP contribution in [0.15, 0.2) is 36.4 Å². The fourth-order valence-corrected chi connectivity index (χ4v) is 2.75. The van der Waals surface area contributed by atoms with Crippen LogP contribution < -0.4 is 9.64 Å². The van der Waals surface area contributed by atoms with E-state index in [9.17, 15) is 9.18 Å². The molecule has 0 bridgehead atoms. The number of aromatic nitrogens is 2. The summed E-state index contributed by atoms with van der Waals surface area (Å²) in [6.07, 6.45) is 0.667. The Hall–Kier alpha value is -2.70. The van der Waals surface area contributed by atoms with Gasteiger partial charge in [0.15, 0.2) is 5.82 Å². The molecule has 6 nitrogen and oxygen atoms in total. The summed E-state index contributed by atoms with van der Waals surface area (Å²) >= 11 is 0. The van der Waals surface area contributed by atoms with Crippen LogP contribution >= 0.6 is 0 Å². The maximum atomic E-state index is 13.7. The van der Waals surface area contributed by atoms with E-state index in [4.69, 9.17) is 4.74 Å². The molecule has 2 heterocycles. The van der Waals surface area contributed by atoms with Crippen LogP contribution in [-0.2, 0) is 11.2 Å². The second-order valence-corrected chi connectivity index (χ2v) is 6.26. The molecule has 0 radical (unpaired) electrons. The van der Waals surface area contributed by atoms with Gasteiger partial charge < -0.3 is 14.5 Å². The van der Waals surface area contributed by atoms with Crippen molar-refractivity contribution in [3.8, 4) is 5.88 Å². The van der Waals surface area contributed by atoms with Gasteiger partial charge in [-0.1, -0.05) is 18.2 Å². The van der Waals surface area contributed by atoms with Crippen LogP contribution in [0.5, 0.6) is 5.88 Å². The zero-order chi connectivity index (χ0) is 17.8. The first kappa shape index (κ1) is 17.1. The summed E-state index contributed by atoms with van der Waals surface area (Å²) in [6.45, 7) is 1.07. The minimum absolute atomic E-state index is 0.0662. The standard InChI is InChI=1S/C18H21FN4O2/c1-22(2)16-7-8-17(21-20-16)25-14-9-10-23(12-14)18(24)11-13-5-3-4-6-15(13)19/h3-8,14H,9-12H2,1-2H3/t14-/m1/s1. The highest BCUT2D eigenvalue weighted by molar-refractivity contribution is 5.79. The number of ether oxygens (including phenoxy) is 1. The lowest BCUT2D eigenvalue weighted by molar-refractivity contribution is -0.129. The van der Waals surface area contributed by atoms with Crippen molar-refractivity contribution in [2.45, 2.75) is 18.9 Å². The zero-order valence-corrected chi connectivity index (χ0v) is 14.4. The van der Waals surface area contributed by atoms with Crippen molar-refractivity contribution in [2.24, 2.45) is 0 Å². The van der Waals surface area contributed by atoms with Gasteiger partial charge in [0, 0.05) is 33.1 Å². The van der Waals surface area contributed by atoms with E-state index in [1.807, 2.05) is 25.1 Å². The van der Waals surface area contributed by atoms with Crippen molar-refractivity contribution in [1.29, 1.82) is 0 Å². The summed E-state index contributed by atoms with van der Waals surface area (Å²) in [5.41, 5.74) is 0.419. The molecule has 132 valence electrons. The normalized spacial score (nSPS) is 16.8. The average molecular weight is 344 g/mol. The van der Waals surface area contributed by atoms with Crippen LogP contribution in [0.25, 0.3) is 0 Å². The molecule has 1 aliphatic heterocycles. The predicted octanol–water partition coefficient (Wildman–Crippen LogP) is 1.90. The number of carbonyl (C=O) groups is 1. The molecule has 1 saturated heterocycles. The summed E-state index contributed by atoms with van der Waals surface area (Å²) in [5, 5.41) is 8.11. The molecule has 0 N–H and O–H groups in total.